The minimum Gasteiger partial charge on any atom is -0.496 e. The molecule has 0 saturated carbocycles. The second-order valence-electron chi connectivity index (χ2n) is 3.47. The van der Waals surface area contributed by atoms with Crippen LogP contribution in [0.1, 0.15) is 12.5 Å². The molecule has 16 heavy (non-hydrogen) atoms. The van der Waals surface area contributed by atoms with Gasteiger partial charge in [-0.05, 0) is 13.0 Å². The van der Waals surface area contributed by atoms with Gasteiger partial charge in [-0.1, -0.05) is 18.2 Å². The smallest absolute Gasteiger partial charge is 0.213 e. The molecule has 90 valence electrons. The van der Waals surface area contributed by atoms with Crippen molar-refractivity contribution in [1.82, 2.24) is 4.31 Å². The van der Waals surface area contributed by atoms with E-state index in [1.165, 1.54) is 4.31 Å². The highest BCUT2D eigenvalue weighted by Gasteiger charge is 2.16. The van der Waals surface area contributed by atoms with Crippen LogP contribution in [0.25, 0.3) is 0 Å². The van der Waals surface area contributed by atoms with Gasteiger partial charge in [-0.25, -0.2) is 12.7 Å². The average Bonchev–Trinajstić information content (AvgIpc) is 2.29. The van der Waals surface area contributed by atoms with Crippen molar-refractivity contribution in [2.75, 3.05) is 19.9 Å². The summed E-state index contributed by atoms with van der Waals surface area (Å²) < 4.78 is 29.7. The Bertz CT molecular complexity index is 442. The van der Waals surface area contributed by atoms with Crippen LogP contribution in [0.3, 0.4) is 0 Å². The van der Waals surface area contributed by atoms with Gasteiger partial charge in [0, 0.05) is 19.2 Å². The van der Waals surface area contributed by atoms with Crippen molar-refractivity contribution in [3.63, 3.8) is 0 Å². The molecule has 0 atom stereocenters. The Morgan fingerprint density at radius 1 is 1.31 bits per heavy atom. The van der Waals surface area contributed by atoms with Crippen LogP contribution in [0.5, 0.6) is 5.75 Å². The summed E-state index contributed by atoms with van der Waals surface area (Å²) in [5.74, 6) is 0.819. The van der Waals surface area contributed by atoms with Crippen molar-refractivity contribution in [1.29, 1.82) is 0 Å². The lowest BCUT2D eigenvalue weighted by atomic mass is 10.2. The zero-order chi connectivity index (χ0) is 12.2. The summed E-state index contributed by atoms with van der Waals surface area (Å²) in [5, 5.41) is 0. The van der Waals surface area contributed by atoms with E-state index in [-0.39, 0.29) is 5.75 Å². The lowest BCUT2D eigenvalue weighted by Gasteiger charge is -2.17. The summed E-state index contributed by atoms with van der Waals surface area (Å²) >= 11 is 0. The molecule has 0 saturated heterocycles. The largest absolute Gasteiger partial charge is 0.496 e. The Balaban J connectivity index is 2.89. The Labute approximate surface area is 96.9 Å². The van der Waals surface area contributed by atoms with E-state index in [1.807, 2.05) is 24.3 Å². The maximum absolute atomic E-state index is 11.6. The highest BCUT2D eigenvalue weighted by Crippen LogP contribution is 2.19. The van der Waals surface area contributed by atoms with E-state index in [4.69, 9.17) is 4.74 Å². The Hall–Kier alpha value is -1.07. The molecule has 0 radical (unpaired) electrons. The van der Waals surface area contributed by atoms with Crippen molar-refractivity contribution in [2.45, 2.75) is 13.5 Å². The van der Waals surface area contributed by atoms with E-state index in [9.17, 15) is 8.42 Å². The van der Waals surface area contributed by atoms with E-state index in [0.717, 1.165) is 5.56 Å². The number of sulfonamides is 1. The third-order valence-corrected chi connectivity index (χ3v) is 4.23. The summed E-state index contributed by atoms with van der Waals surface area (Å²) in [6.07, 6.45) is 0. The van der Waals surface area contributed by atoms with Gasteiger partial charge < -0.3 is 4.74 Å². The molecule has 0 spiro atoms. The van der Waals surface area contributed by atoms with Crippen LogP contribution in [-0.2, 0) is 16.6 Å². The van der Waals surface area contributed by atoms with Crippen molar-refractivity contribution >= 4 is 10.0 Å². The van der Waals surface area contributed by atoms with Crippen molar-refractivity contribution < 1.29 is 13.2 Å². The Morgan fingerprint density at radius 2 is 1.94 bits per heavy atom. The molecular weight excluding hydrogens is 226 g/mol. The summed E-state index contributed by atoms with van der Waals surface area (Å²) in [5.41, 5.74) is 0.865. The third kappa shape index (κ3) is 2.96. The van der Waals surface area contributed by atoms with Gasteiger partial charge in [0.2, 0.25) is 10.0 Å². The zero-order valence-corrected chi connectivity index (χ0v) is 10.6. The maximum Gasteiger partial charge on any atom is 0.213 e. The summed E-state index contributed by atoms with van der Waals surface area (Å²) in [7, 11) is 0.00762. The van der Waals surface area contributed by atoms with Crippen LogP contribution in [0.15, 0.2) is 24.3 Å². The van der Waals surface area contributed by atoms with Gasteiger partial charge in [-0.15, -0.1) is 0 Å². The molecule has 5 heteroatoms. The number of methoxy groups -OCH3 is 1. The first kappa shape index (κ1) is 13.0. The molecular formula is C11H17NO3S. The maximum atomic E-state index is 11.6. The summed E-state index contributed by atoms with van der Waals surface area (Å²) in [4.78, 5) is 0. The average molecular weight is 243 g/mol. The molecule has 0 N–H and O–H groups in total. The van der Waals surface area contributed by atoms with Crippen molar-refractivity contribution in [3.05, 3.63) is 29.8 Å². The monoisotopic (exact) mass is 243 g/mol. The number of ether oxygens (including phenoxy) is 1. The van der Waals surface area contributed by atoms with Gasteiger partial charge >= 0.3 is 0 Å². The summed E-state index contributed by atoms with van der Waals surface area (Å²) in [6, 6.07) is 7.41. The second kappa shape index (κ2) is 5.32. The standard InChI is InChI=1S/C11H17NO3S/c1-4-16(13,14)12(2)9-10-7-5-6-8-11(10)15-3/h5-8H,4,9H2,1-3H3. The van der Waals surface area contributed by atoms with Gasteiger partial charge in [-0.2, -0.15) is 0 Å². The van der Waals surface area contributed by atoms with E-state index < -0.39 is 10.0 Å². The van der Waals surface area contributed by atoms with Crippen LogP contribution < -0.4 is 4.74 Å². The topological polar surface area (TPSA) is 46.6 Å². The number of hydrogen-bond acceptors (Lipinski definition) is 3. The number of benzene rings is 1. The van der Waals surface area contributed by atoms with Gasteiger partial charge in [0.25, 0.3) is 0 Å². The first-order valence-electron chi connectivity index (χ1n) is 5.07. The minimum atomic E-state index is -3.14. The molecule has 0 aliphatic heterocycles. The summed E-state index contributed by atoms with van der Waals surface area (Å²) in [6.45, 7) is 1.97. The molecule has 1 rings (SSSR count). The van der Waals surface area contributed by atoms with E-state index in [1.54, 1.807) is 21.1 Å². The van der Waals surface area contributed by atoms with Gasteiger partial charge in [0.05, 0.1) is 12.9 Å². The predicted octanol–water partition coefficient (Wildman–Crippen LogP) is 1.48. The first-order chi connectivity index (χ1) is 7.51. The van der Waals surface area contributed by atoms with Crippen LogP contribution in [-0.4, -0.2) is 32.6 Å². The number of hydrogen-bond donors (Lipinski definition) is 0. The Morgan fingerprint density at radius 3 is 2.50 bits per heavy atom. The number of nitrogens with zero attached hydrogens (tertiary/aromatic N) is 1. The molecule has 4 nitrogen and oxygen atoms in total. The molecule has 0 aliphatic rings. The third-order valence-electron chi connectivity index (χ3n) is 2.43. The normalized spacial score (nSPS) is 11.8. The number of para-hydroxylation sites is 1. The number of rotatable bonds is 5. The van der Waals surface area contributed by atoms with E-state index in [2.05, 4.69) is 0 Å². The molecule has 0 fully saturated rings. The molecule has 0 aromatic heterocycles. The Kier molecular flexibility index (Phi) is 4.32. The predicted molar refractivity (Wildman–Crippen MR) is 63.9 cm³/mol. The van der Waals surface area contributed by atoms with Crippen molar-refractivity contribution in [3.8, 4) is 5.75 Å². The second-order valence-corrected chi connectivity index (χ2v) is 5.83. The minimum absolute atomic E-state index is 0.110. The van der Waals surface area contributed by atoms with Crippen molar-refractivity contribution in [2.24, 2.45) is 0 Å². The fourth-order valence-electron chi connectivity index (χ4n) is 1.39. The van der Waals surface area contributed by atoms with Crippen LogP contribution in [0, 0.1) is 0 Å². The quantitative estimate of drug-likeness (QED) is 0.787. The lowest BCUT2D eigenvalue weighted by molar-refractivity contribution is 0.398. The molecule has 0 unspecified atom stereocenters. The SMILES string of the molecule is CCS(=O)(=O)N(C)Cc1ccccc1OC. The van der Waals surface area contributed by atoms with E-state index >= 15 is 0 Å². The highest BCUT2D eigenvalue weighted by atomic mass is 32.2. The van der Waals surface area contributed by atoms with Crippen LogP contribution >= 0.6 is 0 Å². The molecule has 0 bridgehead atoms. The fourth-order valence-corrected chi connectivity index (χ4v) is 2.17. The fraction of sp³-hybridized carbons (Fsp3) is 0.455. The highest BCUT2D eigenvalue weighted by molar-refractivity contribution is 7.89. The van der Waals surface area contributed by atoms with Crippen LogP contribution in [0.4, 0.5) is 0 Å². The molecule has 0 aliphatic carbocycles. The molecule has 1 aromatic rings. The first-order valence-corrected chi connectivity index (χ1v) is 6.68. The lowest BCUT2D eigenvalue weighted by Crippen LogP contribution is -2.27. The molecule has 0 heterocycles. The van der Waals surface area contributed by atoms with Crippen LogP contribution in [0.2, 0.25) is 0 Å². The van der Waals surface area contributed by atoms with Gasteiger partial charge in [0.1, 0.15) is 5.75 Å². The van der Waals surface area contributed by atoms with Gasteiger partial charge in [0.15, 0.2) is 0 Å². The van der Waals surface area contributed by atoms with Gasteiger partial charge in [-0.3, -0.25) is 0 Å². The molecule has 1 aromatic carbocycles. The molecule has 0 amide bonds. The zero-order valence-electron chi connectivity index (χ0n) is 9.80. The van der Waals surface area contributed by atoms with E-state index in [0.29, 0.717) is 12.3 Å².